The number of hydrogen-bond acceptors (Lipinski definition) is 2. The highest BCUT2D eigenvalue weighted by Gasteiger charge is 1.97. The summed E-state index contributed by atoms with van der Waals surface area (Å²) >= 11 is 0. The van der Waals surface area contributed by atoms with Crippen LogP contribution < -0.4 is 5.32 Å². The summed E-state index contributed by atoms with van der Waals surface area (Å²) in [5, 5.41) is 11.5. The molecule has 3 nitrogen and oxygen atoms in total. The van der Waals surface area contributed by atoms with Crippen molar-refractivity contribution in [3.05, 3.63) is 42.0 Å². The minimum absolute atomic E-state index is 0.195. The number of nitrogens with one attached hydrogen (secondary N) is 1. The van der Waals surface area contributed by atoms with Gasteiger partial charge < -0.3 is 10.4 Å². The van der Waals surface area contributed by atoms with Gasteiger partial charge in [-0.1, -0.05) is 30.3 Å². The largest absolute Gasteiger partial charge is 0.392 e. The van der Waals surface area contributed by atoms with E-state index in [1.54, 1.807) is 13.0 Å². The van der Waals surface area contributed by atoms with E-state index in [2.05, 4.69) is 5.32 Å². The summed E-state index contributed by atoms with van der Waals surface area (Å²) in [6.07, 6.45) is 2.67. The zero-order chi connectivity index (χ0) is 11.1. The summed E-state index contributed by atoms with van der Waals surface area (Å²) < 4.78 is 0. The number of hydrogen-bond donors (Lipinski definition) is 2. The van der Waals surface area contributed by atoms with Crippen LogP contribution in [0.25, 0.3) is 6.08 Å². The Labute approximate surface area is 89.4 Å². The monoisotopic (exact) mass is 205 g/mol. The third-order valence-corrected chi connectivity index (χ3v) is 1.80. The summed E-state index contributed by atoms with van der Waals surface area (Å²) in [7, 11) is 0. The van der Waals surface area contributed by atoms with Gasteiger partial charge in [0.2, 0.25) is 5.91 Å². The van der Waals surface area contributed by atoms with Crippen molar-refractivity contribution in [1.29, 1.82) is 0 Å². The van der Waals surface area contributed by atoms with E-state index < -0.39 is 6.10 Å². The Morgan fingerprint density at radius 2 is 2.13 bits per heavy atom. The number of rotatable bonds is 4. The molecule has 1 atom stereocenters. The second kappa shape index (κ2) is 5.98. The minimum atomic E-state index is -0.515. The molecule has 0 bridgehead atoms. The first-order valence-corrected chi connectivity index (χ1v) is 4.87. The van der Waals surface area contributed by atoms with Gasteiger partial charge in [0.15, 0.2) is 0 Å². The van der Waals surface area contributed by atoms with Crippen LogP contribution in [-0.4, -0.2) is 23.7 Å². The zero-order valence-electron chi connectivity index (χ0n) is 8.68. The van der Waals surface area contributed by atoms with E-state index in [0.29, 0.717) is 0 Å². The first-order chi connectivity index (χ1) is 7.18. The van der Waals surface area contributed by atoms with E-state index in [0.717, 1.165) is 5.56 Å². The molecule has 0 saturated carbocycles. The molecule has 3 heteroatoms. The van der Waals surface area contributed by atoms with Crippen LogP contribution in [0.15, 0.2) is 36.4 Å². The first-order valence-electron chi connectivity index (χ1n) is 4.87. The zero-order valence-corrected chi connectivity index (χ0v) is 8.68. The quantitative estimate of drug-likeness (QED) is 0.725. The third-order valence-electron chi connectivity index (χ3n) is 1.80. The van der Waals surface area contributed by atoms with E-state index in [1.165, 1.54) is 6.08 Å². The van der Waals surface area contributed by atoms with Gasteiger partial charge in [0.05, 0.1) is 6.10 Å². The van der Waals surface area contributed by atoms with Gasteiger partial charge in [-0.2, -0.15) is 0 Å². The highest BCUT2D eigenvalue weighted by atomic mass is 16.3. The average Bonchev–Trinajstić information content (AvgIpc) is 2.25. The molecular formula is C12H15NO2. The Morgan fingerprint density at radius 3 is 2.73 bits per heavy atom. The average molecular weight is 205 g/mol. The molecule has 0 aromatic heterocycles. The Hall–Kier alpha value is -1.61. The number of benzene rings is 1. The standard InChI is InChI=1S/C12H15NO2/c1-10(14)9-13-12(15)8-7-11-5-3-2-4-6-11/h2-8,10,14H,9H2,1H3,(H,13,15)/b8-7+. The van der Waals surface area contributed by atoms with Crippen LogP contribution in [-0.2, 0) is 4.79 Å². The fraction of sp³-hybridized carbons (Fsp3) is 0.250. The van der Waals surface area contributed by atoms with Crippen LogP contribution >= 0.6 is 0 Å². The Morgan fingerprint density at radius 1 is 1.47 bits per heavy atom. The second-order valence-corrected chi connectivity index (χ2v) is 3.34. The van der Waals surface area contributed by atoms with Crippen LogP contribution in [0.4, 0.5) is 0 Å². The fourth-order valence-corrected chi connectivity index (χ4v) is 1.04. The topological polar surface area (TPSA) is 49.3 Å². The van der Waals surface area contributed by atoms with Crippen molar-refractivity contribution >= 4 is 12.0 Å². The van der Waals surface area contributed by atoms with Crippen LogP contribution in [0.1, 0.15) is 12.5 Å². The van der Waals surface area contributed by atoms with Crippen molar-refractivity contribution < 1.29 is 9.90 Å². The van der Waals surface area contributed by atoms with Crippen LogP contribution in [0.3, 0.4) is 0 Å². The molecule has 0 spiro atoms. The lowest BCUT2D eigenvalue weighted by Gasteiger charge is -2.03. The normalized spacial score (nSPS) is 12.7. The summed E-state index contributed by atoms with van der Waals surface area (Å²) in [6, 6.07) is 9.57. The Bertz CT molecular complexity index is 331. The van der Waals surface area contributed by atoms with Crippen molar-refractivity contribution in [2.75, 3.05) is 6.54 Å². The molecule has 2 N–H and O–H groups in total. The van der Waals surface area contributed by atoms with Crippen molar-refractivity contribution in [2.45, 2.75) is 13.0 Å². The van der Waals surface area contributed by atoms with Crippen molar-refractivity contribution in [1.82, 2.24) is 5.32 Å². The molecular weight excluding hydrogens is 190 g/mol. The maximum absolute atomic E-state index is 11.2. The van der Waals surface area contributed by atoms with Gasteiger partial charge in [0, 0.05) is 12.6 Å². The Kier molecular flexibility index (Phi) is 4.57. The number of carbonyl (C=O) groups excluding carboxylic acids is 1. The van der Waals surface area contributed by atoms with Gasteiger partial charge in [-0.15, -0.1) is 0 Å². The molecule has 80 valence electrons. The lowest BCUT2D eigenvalue weighted by molar-refractivity contribution is -0.116. The van der Waals surface area contributed by atoms with Crippen LogP contribution in [0, 0.1) is 0 Å². The van der Waals surface area contributed by atoms with Crippen molar-refractivity contribution in [3.8, 4) is 0 Å². The lowest BCUT2D eigenvalue weighted by Crippen LogP contribution is -2.28. The van der Waals surface area contributed by atoms with Gasteiger partial charge in [-0.3, -0.25) is 4.79 Å². The lowest BCUT2D eigenvalue weighted by atomic mass is 10.2. The van der Waals surface area contributed by atoms with E-state index in [1.807, 2.05) is 30.3 Å². The third kappa shape index (κ3) is 4.98. The summed E-state index contributed by atoms with van der Waals surface area (Å²) in [5.74, 6) is -0.195. The summed E-state index contributed by atoms with van der Waals surface area (Å²) in [5.41, 5.74) is 0.977. The minimum Gasteiger partial charge on any atom is -0.392 e. The molecule has 0 aliphatic rings. The number of carbonyl (C=O) groups is 1. The molecule has 0 radical (unpaired) electrons. The predicted molar refractivity (Wildman–Crippen MR) is 60.2 cm³/mol. The molecule has 0 aliphatic carbocycles. The summed E-state index contributed by atoms with van der Waals surface area (Å²) in [4.78, 5) is 11.2. The van der Waals surface area contributed by atoms with E-state index in [4.69, 9.17) is 5.11 Å². The second-order valence-electron chi connectivity index (χ2n) is 3.34. The van der Waals surface area contributed by atoms with Gasteiger partial charge in [-0.25, -0.2) is 0 Å². The van der Waals surface area contributed by atoms with Crippen molar-refractivity contribution in [3.63, 3.8) is 0 Å². The van der Waals surface area contributed by atoms with E-state index >= 15 is 0 Å². The molecule has 1 rings (SSSR count). The molecule has 0 aliphatic heterocycles. The molecule has 0 saturated heterocycles. The van der Waals surface area contributed by atoms with E-state index in [-0.39, 0.29) is 12.5 Å². The highest BCUT2D eigenvalue weighted by Crippen LogP contribution is 2.00. The summed E-state index contributed by atoms with van der Waals surface area (Å²) in [6.45, 7) is 1.90. The van der Waals surface area contributed by atoms with Gasteiger partial charge >= 0.3 is 0 Å². The number of aliphatic hydroxyl groups is 1. The smallest absolute Gasteiger partial charge is 0.244 e. The Balaban J connectivity index is 2.41. The maximum Gasteiger partial charge on any atom is 0.244 e. The first kappa shape index (κ1) is 11.5. The molecule has 0 heterocycles. The van der Waals surface area contributed by atoms with Crippen LogP contribution in [0.2, 0.25) is 0 Å². The van der Waals surface area contributed by atoms with Gasteiger partial charge in [0.25, 0.3) is 0 Å². The number of amides is 1. The number of aliphatic hydroxyl groups excluding tert-OH is 1. The SMILES string of the molecule is CC(O)CNC(=O)/C=C/c1ccccc1. The molecule has 1 amide bonds. The van der Waals surface area contributed by atoms with Crippen molar-refractivity contribution in [2.24, 2.45) is 0 Å². The molecule has 1 aromatic carbocycles. The fourth-order valence-electron chi connectivity index (χ4n) is 1.04. The van der Waals surface area contributed by atoms with Gasteiger partial charge in [-0.05, 0) is 18.6 Å². The predicted octanol–water partition coefficient (Wildman–Crippen LogP) is 1.20. The highest BCUT2D eigenvalue weighted by molar-refractivity contribution is 5.91. The van der Waals surface area contributed by atoms with Crippen LogP contribution in [0.5, 0.6) is 0 Å². The maximum atomic E-state index is 11.2. The molecule has 1 unspecified atom stereocenters. The molecule has 0 fully saturated rings. The molecule has 15 heavy (non-hydrogen) atoms. The van der Waals surface area contributed by atoms with Gasteiger partial charge in [0.1, 0.15) is 0 Å². The van der Waals surface area contributed by atoms with E-state index in [9.17, 15) is 4.79 Å². The molecule has 1 aromatic rings.